The third kappa shape index (κ3) is 1.46. The second-order valence-corrected chi connectivity index (χ2v) is 2.63. The van der Waals surface area contributed by atoms with Gasteiger partial charge in [0, 0.05) is 6.20 Å². The van der Waals surface area contributed by atoms with Crippen LogP contribution in [0, 0.1) is 0 Å². The lowest BCUT2D eigenvalue weighted by Gasteiger charge is -1.98. The molecule has 0 saturated carbocycles. The third-order valence-electron chi connectivity index (χ3n) is 1.11. The van der Waals surface area contributed by atoms with E-state index >= 15 is 0 Å². The van der Waals surface area contributed by atoms with E-state index in [0.29, 0.717) is 10.3 Å². The first kappa shape index (κ1) is 7.50. The predicted octanol–water partition coefficient (Wildman–Crippen LogP) is 0.919. The zero-order valence-electron chi connectivity index (χ0n) is 5.21. The van der Waals surface area contributed by atoms with Crippen LogP contribution in [0.4, 0.5) is 5.69 Å². The standard InChI is InChI=1S/C6H7BrN2O/c7-6-5(8)1-4(3-10)2-9-6/h1-2,10H,3,8H2. The fourth-order valence-electron chi connectivity index (χ4n) is 0.597. The molecule has 4 heteroatoms. The number of rotatable bonds is 1. The monoisotopic (exact) mass is 202 g/mol. The van der Waals surface area contributed by atoms with Crippen LogP contribution in [0.1, 0.15) is 5.56 Å². The first-order chi connectivity index (χ1) is 4.74. The minimum atomic E-state index is -0.0233. The fourth-order valence-corrected chi connectivity index (χ4v) is 0.814. The van der Waals surface area contributed by atoms with Crippen LogP contribution < -0.4 is 5.73 Å². The molecule has 0 bridgehead atoms. The second kappa shape index (κ2) is 2.98. The Bertz CT molecular complexity index is 239. The van der Waals surface area contributed by atoms with E-state index < -0.39 is 0 Å². The molecule has 0 atom stereocenters. The van der Waals surface area contributed by atoms with E-state index in [2.05, 4.69) is 20.9 Å². The van der Waals surface area contributed by atoms with Crippen molar-refractivity contribution in [2.45, 2.75) is 6.61 Å². The van der Waals surface area contributed by atoms with Crippen molar-refractivity contribution < 1.29 is 5.11 Å². The van der Waals surface area contributed by atoms with E-state index in [1.807, 2.05) is 0 Å². The van der Waals surface area contributed by atoms with Gasteiger partial charge in [-0.2, -0.15) is 0 Å². The Morgan fingerprint density at radius 1 is 1.70 bits per heavy atom. The molecular weight excluding hydrogens is 196 g/mol. The van der Waals surface area contributed by atoms with Gasteiger partial charge < -0.3 is 10.8 Å². The van der Waals surface area contributed by atoms with Gasteiger partial charge in [-0.05, 0) is 27.6 Å². The number of anilines is 1. The van der Waals surface area contributed by atoms with Crippen LogP contribution in [0.2, 0.25) is 0 Å². The number of halogens is 1. The van der Waals surface area contributed by atoms with Gasteiger partial charge in [0.05, 0.1) is 12.3 Å². The summed E-state index contributed by atoms with van der Waals surface area (Å²) in [6.45, 7) is -0.0233. The number of hydrogen-bond acceptors (Lipinski definition) is 3. The Morgan fingerprint density at radius 2 is 2.40 bits per heavy atom. The summed E-state index contributed by atoms with van der Waals surface area (Å²) in [4.78, 5) is 3.88. The smallest absolute Gasteiger partial charge is 0.128 e. The molecule has 0 aliphatic carbocycles. The van der Waals surface area contributed by atoms with Crippen molar-refractivity contribution in [1.29, 1.82) is 0 Å². The Balaban J connectivity index is 3.04. The first-order valence-corrected chi connectivity index (χ1v) is 3.54. The van der Waals surface area contributed by atoms with Crippen LogP contribution in [0.15, 0.2) is 16.9 Å². The summed E-state index contributed by atoms with van der Waals surface area (Å²) in [6.07, 6.45) is 1.57. The lowest BCUT2D eigenvalue weighted by Crippen LogP contribution is -1.92. The van der Waals surface area contributed by atoms with Crippen LogP contribution >= 0.6 is 15.9 Å². The molecule has 1 rings (SSSR count). The number of nitrogens with two attached hydrogens (primary N) is 1. The lowest BCUT2D eigenvalue weighted by atomic mass is 10.3. The largest absolute Gasteiger partial charge is 0.397 e. The van der Waals surface area contributed by atoms with Crippen molar-refractivity contribution in [2.24, 2.45) is 0 Å². The highest BCUT2D eigenvalue weighted by molar-refractivity contribution is 9.10. The Morgan fingerprint density at radius 3 is 2.90 bits per heavy atom. The highest BCUT2D eigenvalue weighted by Crippen LogP contribution is 2.16. The van der Waals surface area contributed by atoms with Gasteiger partial charge in [-0.25, -0.2) is 4.98 Å². The van der Waals surface area contributed by atoms with Crippen LogP contribution in [0.25, 0.3) is 0 Å². The van der Waals surface area contributed by atoms with E-state index in [-0.39, 0.29) is 6.61 Å². The Labute approximate surface area is 67.0 Å². The van der Waals surface area contributed by atoms with E-state index in [1.54, 1.807) is 12.3 Å². The topological polar surface area (TPSA) is 59.1 Å². The molecule has 54 valence electrons. The lowest BCUT2D eigenvalue weighted by molar-refractivity contribution is 0.281. The van der Waals surface area contributed by atoms with Crippen LogP contribution in [0.5, 0.6) is 0 Å². The zero-order chi connectivity index (χ0) is 7.56. The minimum Gasteiger partial charge on any atom is -0.397 e. The highest BCUT2D eigenvalue weighted by atomic mass is 79.9. The van der Waals surface area contributed by atoms with Crippen molar-refractivity contribution in [2.75, 3.05) is 5.73 Å². The van der Waals surface area contributed by atoms with Crippen molar-refractivity contribution in [3.05, 3.63) is 22.4 Å². The number of hydrogen-bond donors (Lipinski definition) is 2. The minimum absolute atomic E-state index is 0.0233. The summed E-state index contributed by atoms with van der Waals surface area (Å²) in [5.74, 6) is 0. The van der Waals surface area contributed by atoms with E-state index in [9.17, 15) is 0 Å². The van der Waals surface area contributed by atoms with Gasteiger partial charge in [-0.3, -0.25) is 0 Å². The van der Waals surface area contributed by atoms with Crippen molar-refractivity contribution in [1.82, 2.24) is 4.98 Å². The van der Waals surface area contributed by atoms with Crippen molar-refractivity contribution in [3.8, 4) is 0 Å². The van der Waals surface area contributed by atoms with Crippen LogP contribution in [-0.2, 0) is 6.61 Å². The van der Waals surface area contributed by atoms with Gasteiger partial charge in [-0.15, -0.1) is 0 Å². The van der Waals surface area contributed by atoms with Crippen molar-refractivity contribution >= 4 is 21.6 Å². The maximum atomic E-state index is 8.64. The maximum absolute atomic E-state index is 8.64. The number of aliphatic hydroxyl groups excluding tert-OH is 1. The molecule has 0 fully saturated rings. The summed E-state index contributed by atoms with van der Waals surface area (Å²) in [6, 6.07) is 1.68. The molecule has 3 nitrogen and oxygen atoms in total. The molecule has 1 aromatic heterocycles. The summed E-state index contributed by atoms with van der Waals surface area (Å²) >= 11 is 3.14. The van der Waals surface area contributed by atoms with Gasteiger partial charge in [0.2, 0.25) is 0 Å². The summed E-state index contributed by atoms with van der Waals surface area (Å²) in [7, 11) is 0. The first-order valence-electron chi connectivity index (χ1n) is 2.75. The van der Waals surface area contributed by atoms with E-state index in [1.165, 1.54) is 0 Å². The summed E-state index contributed by atoms with van der Waals surface area (Å²) in [5.41, 5.74) is 6.75. The van der Waals surface area contributed by atoms with Gasteiger partial charge in [0.15, 0.2) is 0 Å². The molecule has 0 radical (unpaired) electrons. The number of nitrogens with zero attached hydrogens (tertiary/aromatic N) is 1. The van der Waals surface area contributed by atoms with Gasteiger partial charge in [-0.1, -0.05) is 0 Å². The SMILES string of the molecule is Nc1cc(CO)cnc1Br. The maximum Gasteiger partial charge on any atom is 0.128 e. The number of pyridine rings is 1. The molecule has 1 heterocycles. The number of aromatic nitrogens is 1. The average molecular weight is 203 g/mol. The van der Waals surface area contributed by atoms with Crippen LogP contribution in [0.3, 0.4) is 0 Å². The molecule has 0 saturated heterocycles. The van der Waals surface area contributed by atoms with Gasteiger partial charge in [0.1, 0.15) is 4.60 Å². The van der Waals surface area contributed by atoms with Gasteiger partial charge >= 0.3 is 0 Å². The second-order valence-electron chi connectivity index (χ2n) is 1.88. The van der Waals surface area contributed by atoms with E-state index in [0.717, 1.165) is 5.56 Å². The Kier molecular flexibility index (Phi) is 2.24. The molecule has 0 spiro atoms. The normalized spacial score (nSPS) is 9.80. The summed E-state index contributed by atoms with van der Waals surface area (Å²) in [5, 5.41) is 8.64. The number of aliphatic hydroxyl groups is 1. The average Bonchev–Trinajstić information content (AvgIpc) is 1.95. The Hall–Kier alpha value is -0.610. The quantitative estimate of drug-likeness (QED) is 0.667. The molecule has 0 aliphatic rings. The molecular formula is C6H7BrN2O. The molecule has 0 aliphatic heterocycles. The molecule has 0 unspecified atom stereocenters. The van der Waals surface area contributed by atoms with Crippen molar-refractivity contribution in [3.63, 3.8) is 0 Å². The number of nitrogen functional groups attached to an aromatic ring is 1. The zero-order valence-corrected chi connectivity index (χ0v) is 6.80. The predicted molar refractivity (Wildman–Crippen MR) is 42.3 cm³/mol. The third-order valence-corrected chi connectivity index (χ3v) is 1.77. The molecule has 0 aromatic carbocycles. The molecule has 0 amide bonds. The van der Waals surface area contributed by atoms with Gasteiger partial charge in [0.25, 0.3) is 0 Å². The highest BCUT2D eigenvalue weighted by Gasteiger charge is 1.96. The molecule has 3 N–H and O–H groups in total. The van der Waals surface area contributed by atoms with E-state index in [4.69, 9.17) is 10.8 Å². The fraction of sp³-hybridized carbons (Fsp3) is 0.167. The summed E-state index contributed by atoms with van der Waals surface area (Å²) < 4.78 is 0.615. The molecule has 1 aromatic rings. The molecule has 10 heavy (non-hydrogen) atoms. The van der Waals surface area contributed by atoms with Crippen LogP contribution in [-0.4, -0.2) is 10.1 Å².